The lowest BCUT2D eigenvalue weighted by atomic mass is 10.1. The number of nitro groups is 1. The van der Waals surface area contributed by atoms with Gasteiger partial charge in [-0.05, 0) is 18.1 Å². The Kier molecular flexibility index (Phi) is 6.40. The molecular weight excluding hydrogens is 382 g/mol. The molecule has 0 spiro atoms. The number of nitrogens with zero attached hydrogens (tertiary/aromatic N) is 2. The van der Waals surface area contributed by atoms with Crippen molar-refractivity contribution in [1.82, 2.24) is 9.62 Å². The van der Waals surface area contributed by atoms with Gasteiger partial charge in [-0.1, -0.05) is 36.4 Å². The van der Waals surface area contributed by atoms with Crippen LogP contribution in [0.5, 0.6) is 0 Å². The lowest BCUT2D eigenvalue weighted by Gasteiger charge is -2.31. The van der Waals surface area contributed by atoms with Gasteiger partial charge in [-0.25, -0.2) is 13.1 Å². The number of non-ortho nitro benzene ring substituents is 1. The van der Waals surface area contributed by atoms with Crippen LogP contribution in [0.1, 0.15) is 17.2 Å². The third-order valence-corrected chi connectivity index (χ3v) is 6.33. The first kappa shape index (κ1) is 20.4. The maximum absolute atomic E-state index is 13.1. The van der Waals surface area contributed by atoms with Crippen LogP contribution in [0, 0.1) is 17.0 Å². The summed E-state index contributed by atoms with van der Waals surface area (Å²) >= 11 is 0. The molecule has 0 amide bonds. The second-order valence-corrected chi connectivity index (χ2v) is 8.39. The highest BCUT2D eigenvalue weighted by molar-refractivity contribution is 7.89. The SMILES string of the molecule is Cc1ccc([N+](=O)[O-])cc1S(=O)(=O)NC(CN1CCOCC1)c1ccccc1. The molecule has 3 rings (SSSR count). The molecule has 1 unspecified atom stereocenters. The Bertz CT molecular complexity index is 928. The van der Waals surface area contributed by atoms with Crippen LogP contribution in [0.25, 0.3) is 0 Å². The number of aryl methyl sites for hydroxylation is 1. The second-order valence-electron chi connectivity index (χ2n) is 6.70. The first-order chi connectivity index (χ1) is 13.4. The number of rotatable bonds is 7. The summed E-state index contributed by atoms with van der Waals surface area (Å²) in [6.07, 6.45) is 0. The number of sulfonamides is 1. The molecule has 2 aromatic rings. The molecule has 9 heteroatoms. The summed E-state index contributed by atoms with van der Waals surface area (Å²) in [6.45, 7) is 4.77. The summed E-state index contributed by atoms with van der Waals surface area (Å²) in [7, 11) is -3.96. The number of hydrogen-bond acceptors (Lipinski definition) is 6. The average Bonchev–Trinajstić information content (AvgIpc) is 2.69. The van der Waals surface area contributed by atoms with Crippen molar-refractivity contribution < 1.29 is 18.1 Å². The van der Waals surface area contributed by atoms with Crippen LogP contribution in [0.3, 0.4) is 0 Å². The zero-order chi connectivity index (χ0) is 20.1. The lowest BCUT2D eigenvalue weighted by molar-refractivity contribution is -0.385. The van der Waals surface area contributed by atoms with E-state index >= 15 is 0 Å². The van der Waals surface area contributed by atoms with Gasteiger partial charge in [0.25, 0.3) is 5.69 Å². The van der Waals surface area contributed by atoms with Crippen molar-refractivity contribution >= 4 is 15.7 Å². The van der Waals surface area contributed by atoms with Crippen LogP contribution in [-0.4, -0.2) is 51.1 Å². The molecule has 0 radical (unpaired) electrons. The molecule has 1 atom stereocenters. The highest BCUT2D eigenvalue weighted by Crippen LogP contribution is 2.24. The molecule has 0 aromatic heterocycles. The van der Waals surface area contributed by atoms with E-state index in [1.165, 1.54) is 12.1 Å². The monoisotopic (exact) mass is 405 g/mol. The molecule has 0 aliphatic carbocycles. The number of hydrogen-bond donors (Lipinski definition) is 1. The molecule has 8 nitrogen and oxygen atoms in total. The minimum absolute atomic E-state index is 0.0791. The number of nitrogens with one attached hydrogen (secondary N) is 1. The Hall–Kier alpha value is -2.33. The quantitative estimate of drug-likeness (QED) is 0.560. The van der Waals surface area contributed by atoms with E-state index in [0.29, 0.717) is 25.3 Å². The van der Waals surface area contributed by atoms with E-state index in [0.717, 1.165) is 24.7 Å². The summed E-state index contributed by atoms with van der Waals surface area (Å²) in [5.41, 5.74) is 1.03. The van der Waals surface area contributed by atoms with E-state index in [4.69, 9.17) is 4.74 Å². The molecule has 0 saturated carbocycles. The summed E-state index contributed by atoms with van der Waals surface area (Å²) in [5.74, 6) is 0. The molecule has 0 bridgehead atoms. The number of morpholine rings is 1. The Morgan fingerprint density at radius 2 is 1.86 bits per heavy atom. The standard InChI is InChI=1S/C19H23N3O5S/c1-15-7-8-17(22(23)24)13-19(15)28(25,26)20-18(16-5-3-2-4-6-16)14-21-9-11-27-12-10-21/h2-8,13,18,20H,9-12,14H2,1H3. The fourth-order valence-corrected chi connectivity index (χ4v) is 4.66. The molecule has 1 fully saturated rings. The highest BCUT2D eigenvalue weighted by Gasteiger charge is 2.27. The molecule has 1 N–H and O–H groups in total. The molecule has 150 valence electrons. The third-order valence-electron chi connectivity index (χ3n) is 4.72. The lowest BCUT2D eigenvalue weighted by Crippen LogP contribution is -2.43. The van der Waals surface area contributed by atoms with Crippen molar-refractivity contribution in [2.24, 2.45) is 0 Å². The molecule has 1 heterocycles. The zero-order valence-corrected chi connectivity index (χ0v) is 16.4. The van der Waals surface area contributed by atoms with Crippen molar-refractivity contribution in [2.45, 2.75) is 17.9 Å². The van der Waals surface area contributed by atoms with Gasteiger partial charge in [-0.15, -0.1) is 0 Å². The summed E-state index contributed by atoms with van der Waals surface area (Å²) < 4.78 is 34.3. The van der Waals surface area contributed by atoms with Gasteiger partial charge in [0.05, 0.1) is 29.1 Å². The number of benzene rings is 2. The van der Waals surface area contributed by atoms with Gasteiger partial charge >= 0.3 is 0 Å². The fourth-order valence-electron chi connectivity index (χ4n) is 3.18. The maximum Gasteiger partial charge on any atom is 0.270 e. The van der Waals surface area contributed by atoms with Crippen molar-refractivity contribution in [3.8, 4) is 0 Å². The minimum atomic E-state index is -3.96. The molecule has 28 heavy (non-hydrogen) atoms. The molecular formula is C19H23N3O5S. The predicted molar refractivity (Wildman–Crippen MR) is 105 cm³/mol. The Balaban J connectivity index is 1.90. The van der Waals surface area contributed by atoms with Crippen LogP contribution < -0.4 is 4.72 Å². The first-order valence-corrected chi connectivity index (χ1v) is 10.5. The van der Waals surface area contributed by atoms with E-state index < -0.39 is 21.0 Å². The second kappa shape index (κ2) is 8.78. The van der Waals surface area contributed by atoms with Crippen LogP contribution >= 0.6 is 0 Å². The first-order valence-electron chi connectivity index (χ1n) is 8.99. The summed E-state index contributed by atoms with van der Waals surface area (Å²) in [5, 5.41) is 11.1. The Morgan fingerprint density at radius 1 is 1.18 bits per heavy atom. The van der Waals surface area contributed by atoms with Gasteiger partial charge in [-0.2, -0.15) is 0 Å². The van der Waals surface area contributed by atoms with Gasteiger partial charge in [-0.3, -0.25) is 15.0 Å². The largest absolute Gasteiger partial charge is 0.379 e. The van der Waals surface area contributed by atoms with Crippen molar-refractivity contribution in [3.63, 3.8) is 0 Å². The van der Waals surface area contributed by atoms with Crippen LogP contribution in [0.2, 0.25) is 0 Å². The molecule has 1 saturated heterocycles. The van der Waals surface area contributed by atoms with E-state index in [2.05, 4.69) is 9.62 Å². The number of ether oxygens (including phenoxy) is 1. The van der Waals surface area contributed by atoms with Crippen molar-refractivity contribution in [2.75, 3.05) is 32.8 Å². The topological polar surface area (TPSA) is 102 Å². The summed E-state index contributed by atoms with van der Waals surface area (Å²) in [6, 6.07) is 12.7. The van der Waals surface area contributed by atoms with Crippen LogP contribution in [-0.2, 0) is 14.8 Å². The molecule has 1 aliphatic heterocycles. The predicted octanol–water partition coefficient (Wildman–Crippen LogP) is 2.26. The Labute approximate surface area is 164 Å². The van der Waals surface area contributed by atoms with Crippen LogP contribution in [0.15, 0.2) is 53.4 Å². The fraction of sp³-hybridized carbons (Fsp3) is 0.368. The number of nitro benzene ring substituents is 1. The normalized spacial score (nSPS) is 16.6. The summed E-state index contributed by atoms with van der Waals surface area (Å²) in [4.78, 5) is 12.5. The zero-order valence-electron chi connectivity index (χ0n) is 15.6. The maximum atomic E-state index is 13.1. The van der Waals surface area contributed by atoms with Gasteiger partial charge in [0.15, 0.2) is 0 Å². The Morgan fingerprint density at radius 3 is 2.50 bits per heavy atom. The highest BCUT2D eigenvalue weighted by atomic mass is 32.2. The van der Waals surface area contributed by atoms with Gasteiger partial charge in [0.1, 0.15) is 0 Å². The van der Waals surface area contributed by atoms with Gasteiger partial charge in [0.2, 0.25) is 10.0 Å². The van der Waals surface area contributed by atoms with Crippen molar-refractivity contribution in [3.05, 3.63) is 69.8 Å². The molecule has 2 aromatic carbocycles. The van der Waals surface area contributed by atoms with Crippen LogP contribution in [0.4, 0.5) is 5.69 Å². The van der Waals surface area contributed by atoms with E-state index in [-0.39, 0.29) is 10.6 Å². The van der Waals surface area contributed by atoms with E-state index in [1.807, 2.05) is 30.3 Å². The van der Waals surface area contributed by atoms with Gasteiger partial charge < -0.3 is 4.74 Å². The van der Waals surface area contributed by atoms with E-state index in [9.17, 15) is 18.5 Å². The smallest absolute Gasteiger partial charge is 0.270 e. The van der Waals surface area contributed by atoms with Gasteiger partial charge in [0, 0.05) is 31.8 Å². The minimum Gasteiger partial charge on any atom is -0.379 e. The average molecular weight is 405 g/mol. The molecule has 1 aliphatic rings. The van der Waals surface area contributed by atoms with Crippen molar-refractivity contribution in [1.29, 1.82) is 0 Å². The van der Waals surface area contributed by atoms with E-state index in [1.54, 1.807) is 6.92 Å². The third kappa shape index (κ3) is 4.93.